The van der Waals surface area contributed by atoms with Crippen molar-refractivity contribution < 1.29 is 9.53 Å². The van der Waals surface area contributed by atoms with Gasteiger partial charge in [-0.1, -0.05) is 6.07 Å². The zero-order valence-electron chi connectivity index (χ0n) is 19.8. The minimum atomic E-state index is -0.477. The first-order valence-electron chi connectivity index (χ1n) is 12.1. The van der Waals surface area contributed by atoms with Crippen molar-refractivity contribution in [3.63, 3.8) is 0 Å². The van der Waals surface area contributed by atoms with Crippen molar-refractivity contribution in [1.29, 1.82) is 0 Å². The largest absolute Gasteiger partial charge is 0.442 e. The number of amides is 1. The monoisotopic (exact) mass is 455 g/mol. The number of hydrogen-bond acceptors (Lipinski definition) is 5. The molecule has 0 radical (unpaired) electrons. The summed E-state index contributed by atoms with van der Waals surface area (Å²) >= 11 is 1.83. The number of ether oxygens (including phenoxy) is 1. The van der Waals surface area contributed by atoms with Gasteiger partial charge in [0.15, 0.2) is 0 Å². The first kappa shape index (κ1) is 23.2. The Morgan fingerprint density at radius 1 is 1.12 bits per heavy atom. The zero-order chi connectivity index (χ0) is 22.6. The van der Waals surface area contributed by atoms with Crippen molar-refractivity contribution in [1.82, 2.24) is 4.90 Å². The van der Waals surface area contributed by atoms with E-state index in [1.807, 2.05) is 38.3 Å². The highest BCUT2D eigenvalue weighted by molar-refractivity contribution is 7.17. The van der Waals surface area contributed by atoms with Crippen molar-refractivity contribution in [3.05, 3.63) is 29.6 Å². The van der Waals surface area contributed by atoms with Crippen LogP contribution < -0.4 is 4.90 Å². The van der Waals surface area contributed by atoms with E-state index in [1.54, 1.807) is 0 Å². The predicted octanol–water partition coefficient (Wildman–Crippen LogP) is 6.23. The number of piperazine rings is 1. The minimum Gasteiger partial charge on any atom is -0.442 e. The number of anilines is 1. The van der Waals surface area contributed by atoms with Gasteiger partial charge in [0.25, 0.3) is 0 Å². The number of aliphatic imine (C=N–C) groups is 1. The molecule has 2 aliphatic rings. The van der Waals surface area contributed by atoms with Crippen LogP contribution >= 0.6 is 11.3 Å². The second-order valence-electron chi connectivity index (χ2n) is 10.3. The smallest absolute Gasteiger partial charge is 0.433 e. The molecule has 1 aliphatic heterocycles. The summed E-state index contributed by atoms with van der Waals surface area (Å²) in [7, 11) is 0. The predicted molar refractivity (Wildman–Crippen MR) is 135 cm³/mol. The van der Waals surface area contributed by atoms with Crippen molar-refractivity contribution >= 4 is 39.4 Å². The highest BCUT2D eigenvalue weighted by atomic mass is 32.1. The van der Waals surface area contributed by atoms with Crippen LogP contribution in [0.5, 0.6) is 0 Å². The molecular weight excluding hydrogens is 418 g/mol. The molecule has 0 bridgehead atoms. The number of thiophene rings is 1. The van der Waals surface area contributed by atoms with E-state index >= 15 is 0 Å². The molecule has 0 spiro atoms. The van der Waals surface area contributed by atoms with E-state index in [0.717, 1.165) is 44.9 Å². The Bertz CT molecular complexity index is 917. The van der Waals surface area contributed by atoms with Crippen molar-refractivity contribution in [2.75, 3.05) is 37.6 Å². The summed E-state index contributed by atoms with van der Waals surface area (Å²) in [6, 6.07) is 8.94. The quantitative estimate of drug-likeness (QED) is 0.502. The summed E-state index contributed by atoms with van der Waals surface area (Å²) in [6.07, 6.45) is 7.41. The summed E-state index contributed by atoms with van der Waals surface area (Å²) in [6.45, 7) is 11.3. The maximum absolute atomic E-state index is 11.8. The van der Waals surface area contributed by atoms with Gasteiger partial charge in [0, 0.05) is 48.2 Å². The maximum Gasteiger partial charge on any atom is 0.433 e. The van der Waals surface area contributed by atoms with E-state index in [1.165, 1.54) is 41.6 Å². The molecule has 32 heavy (non-hydrogen) atoms. The lowest BCUT2D eigenvalue weighted by molar-refractivity contribution is 0.0604. The average Bonchev–Trinajstić information content (AvgIpc) is 3.25. The average molecular weight is 456 g/mol. The Balaban J connectivity index is 1.16. The van der Waals surface area contributed by atoms with Gasteiger partial charge in [-0.05, 0) is 94.8 Å². The molecule has 5 nitrogen and oxygen atoms in total. The second-order valence-corrected chi connectivity index (χ2v) is 11.2. The molecule has 1 aromatic heterocycles. The van der Waals surface area contributed by atoms with Crippen molar-refractivity contribution in [2.45, 2.75) is 58.5 Å². The molecule has 1 aromatic carbocycles. The van der Waals surface area contributed by atoms with E-state index in [0.29, 0.717) is 5.92 Å². The maximum atomic E-state index is 11.8. The Morgan fingerprint density at radius 2 is 1.88 bits per heavy atom. The van der Waals surface area contributed by atoms with E-state index in [4.69, 9.17) is 4.74 Å². The summed E-state index contributed by atoms with van der Waals surface area (Å²) in [4.78, 5) is 21.0. The van der Waals surface area contributed by atoms with Gasteiger partial charge in [0.2, 0.25) is 0 Å². The third-order valence-electron chi connectivity index (χ3n) is 6.72. The molecule has 0 unspecified atom stereocenters. The van der Waals surface area contributed by atoms with E-state index < -0.39 is 11.7 Å². The first-order chi connectivity index (χ1) is 15.4. The van der Waals surface area contributed by atoms with Crippen LogP contribution in [0, 0.1) is 11.8 Å². The number of rotatable bonds is 5. The molecule has 4 rings (SSSR count). The number of hydrogen-bond donors (Lipinski definition) is 0. The van der Waals surface area contributed by atoms with E-state index in [-0.39, 0.29) is 0 Å². The van der Waals surface area contributed by atoms with E-state index in [9.17, 15) is 4.79 Å². The number of nitrogens with zero attached hydrogens (tertiary/aromatic N) is 3. The topological polar surface area (TPSA) is 45.1 Å². The van der Waals surface area contributed by atoms with Gasteiger partial charge < -0.3 is 9.64 Å². The van der Waals surface area contributed by atoms with Crippen molar-refractivity contribution in [2.24, 2.45) is 16.8 Å². The molecule has 1 saturated carbocycles. The molecule has 2 aromatic rings. The number of fused-ring (bicyclic) bond motifs is 1. The van der Waals surface area contributed by atoms with Crippen molar-refractivity contribution in [3.8, 4) is 0 Å². The van der Waals surface area contributed by atoms with Gasteiger partial charge in [-0.2, -0.15) is 4.99 Å². The third kappa shape index (κ3) is 6.32. The lowest BCUT2D eigenvalue weighted by Crippen LogP contribution is -2.47. The molecule has 0 N–H and O–H groups in total. The highest BCUT2D eigenvalue weighted by Crippen LogP contribution is 2.32. The fourth-order valence-corrected chi connectivity index (χ4v) is 5.72. The standard InChI is InChI=1S/C26H37N3O2S/c1-26(2,3)31-25(30)27-19-21-9-7-20(8-10-21)11-13-28-14-16-29(17-15-28)23-5-4-6-24-22(23)12-18-32-24/h4-6,12,18-21H,7-11,13-17H2,1-3H3/b27-19+. The van der Waals surface area contributed by atoms with Crippen LogP contribution in [0.1, 0.15) is 52.9 Å². The van der Waals surface area contributed by atoms with Crippen LogP contribution in [0.15, 0.2) is 34.6 Å². The zero-order valence-corrected chi connectivity index (χ0v) is 20.6. The highest BCUT2D eigenvalue weighted by Gasteiger charge is 2.23. The van der Waals surface area contributed by atoms with Gasteiger partial charge >= 0.3 is 6.09 Å². The Kier molecular flexibility index (Phi) is 7.51. The summed E-state index contributed by atoms with van der Waals surface area (Å²) in [5, 5.41) is 3.60. The molecule has 174 valence electrons. The molecular formula is C26H37N3O2S. The molecule has 1 amide bonds. The number of carbonyl (C=O) groups excluding carboxylic acids is 1. The lowest BCUT2D eigenvalue weighted by atomic mass is 9.81. The third-order valence-corrected chi connectivity index (χ3v) is 7.60. The molecule has 0 atom stereocenters. The second kappa shape index (κ2) is 10.3. The molecule has 1 aliphatic carbocycles. The van der Waals surface area contributed by atoms with Gasteiger partial charge in [-0.25, -0.2) is 4.79 Å². The minimum absolute atomic E-state index is 0.419. The van der Waals surface area contributed by atoms with E-state index in [2.05, 4.69) is 44.4 Å². The molecule has 1 saturated heterocycles. The summed E-state index contributed by atoms with van der Waals surface area (Å²) in [5.41, 5.74) is 0.921. The van der Waals surface area contributed by atoms with Crippen LogP contribution in [0.2, 0.25) is 0 Å². The van der Waals surface area contributed by atoms with Gasteiger partial charge in [-0.3, -0.25) is 4.90 Å². The van der Waals surface area contributed by atoms with Crippen LogP contribution in [-0.2, 0) is 4.74 Å². The SMILES string of the molecule is CC(C)(C)OC(=O)/N=C/C1CCC(CCN2CCN(c3cccc4sccc34)CC2)CC1. The summed E-state index contributed by atoms with van der Waals surface area (Å²) < 4.78 is 6.65. The van der Waals surface area contributed by atoms with Crippen LogP contribution in [0.25, 0.3) is 10.1 Å². The lowest BCUT2D eigenvalue weighted by Gasteiger charge is -2.37. The van der Waals surface area contributed by atoms with Crippen LogP contribution in [0.4, 0.5) is 10.5 Å². The van der Waals surface area contributed by atoms with Gasteiger partial charge in [-0.15, -0.1) is 11.3 Å². The number of carbonyl (C=O) groups is 1. The molecule has 6 heteroatoms. The molecule has 2 heterocycles. The molecule has 2 fully saturated rings. The Labute approximate surface area is 196 Å². The van der Waals surface area contributed by atoms with Gasteiger partial charge in [0.1, 0.15) is 5.60 Å². The Hall–Kier alpha value is -1.92. The number of benzene rings is 1. The van der Waals surface area contributed by atoms with Crippen LogP contribution in [-0.4, -0.2) is 55.5 Å². The summed E-state index contributed by atoms with van der Waals surface area (Å²) in [5.74, 6) is 1.22. The fourth-order valence-electron chi connectivity index (χ4n) is 4.91. The fraction of sp³-hybridized carbons (Fsp3) is 0.615. The Morgan fingerprint density at radius 3 is 2.59 bits per heavy atom. The normalized spacial score (nSPS) is 23.2. The first-order valence-corrected chi connectivity index (χ1v) is 13.0. The van der Waals surface area contributed by atoms with Crippen LogP contribution in [0.3, 0.4) is 0 Å². The van der Waals surface area contributed by atoms with Gasteiger partial charge in [0.05, 0.1) is 0 Å².